The minimum atomic E-state index is -0.704. The molecular weight excluding hydrogens is 468 g/mol. The van der Waals surface area contributed by atoms with E-state index in [9.17, 15) is 9.59 Å². The molecule has 0 aliphatic carbocycles. The summed E-state index contributed by atoms with van der Waals surface area (Å²) in [7, 11) is 1.57. The Bertz CT molecular complexity index is 1220. The lowest BCUT2D eigenvalue weighted by Crippen LogP contribution is -2.45. The summed E-state index contributed by atoms with van der Waals surface area (Å²) in [6.45, 7) is 2.33. The average molecular weight is 493 g/mol. The van der Waals surface area contributed by atoms with Crippen LogP contribution in [0.4, 0.5) is 4.79 Å². The first-order valence-corrected chi connectivity index (χ1v) is 11.5. The highest BCUT2D eigenvalue weighted by Gasteiger charge is 2.34. The zero-order valence-electron chi connectivity index (χ0n) is 19.3. The molecule has 2 amide bonds. The van der Waals surface area contributed by atoms with E-state index in [0.29, 0.717) is 45.5 Å². The topological polar surface area (TPSA) is 85.9 Å². The van der Waals surface area contributed by atoms with Crippen molar-refractivity contribution >= 4 is 29.3 Å². The normalized spacial score (nSPS) is 15.2. The van der Waals surface area contributed by atoms with Gasteiger partial charge in [0.2, 0.25) is 0 Å². The molecular formula is C27H25ClN2O5. The maximum absolute atomic E-state index is 13.0. The van der Waals surface area contributed by atoms with Crippen LogP contribution in [0.5, 0.6) is 11.5 Å². The van der Waals surface area contributed by atoms with Gasteiger partial charge in [-0.3, -0.25) is 0 Å². The number of carbonyl (C=O) groups is 2. The van der Waals surface area contributed by atoms with Crippen LogP contribution in [-0.2, 0) is 16.1 Å². The molecule has 3 aromatic rings. The fraction of sp³-hybridized carbons (Fsp3) is 0.185. The van der Waals surface area contributed by atoms with Crippen molar-refractivity contribution in [2.45, 2.75) is 19.6 Å². The second-order valence-corrected chi connectivity index (χ2v) is 8.19. The van der Waals surface area contributed by atoms with Crippen molar-refractivity contribution in [3.63, 3.8) is 0 Å². The summed E-state index contributed by atoms with van der Waals surface area (Å²) in [5.74, 6) is 0.804. The highest BCUT2D eigenvalue weighted by atomic mass is 35.5. The maximum Gasteiger partial charge on any atom is 0.338 e. The Labute approximate surface area is 208 Å². The smallest absolute Gasteiger partial charge is 0.338 e. The molecule has 0 fully saturated rings. The molecule has 4 rings (SSSR count). The third-order valence-corrected chi connectivity index (χ3v) is 5.73. The van der Waals surface area contributed by atoms with Crippen molar-refractivity contribution < 1.29 is 23.8 Å². The zero-order chi connectivity index (χ0) is 24.8. The van der Waals surface area contributed by atoms with E-state index in [2.05, 4.69) is 10.6 Å². The van der Waals surface area contributed by atoms with E-state index in [-0.39, 0.29) is 6.61 Å². The molecule has 0 saturated heterocycles. The molecule has 1 aliphatic rings. The van der Waals surface area contributed by atoms with Gasteiger partial charge in [-0.15, -0.1) is 0 Å². The number of carbonyl (C=O) groups excluding carboxylic acids is 2. The van der Waals surface area contributed by atoms with Crippen molar-refractivity contribution in [3.05, 3.63) is 100 Å². The standard InChI is InChI=1S/C27H25ClN2O5/c1-3-34-26(31)23-24(18-6-12-21(33-2)13-7-18)29-27(32)30-25(23)19-8-14-22(15-9-19)35-16-17-4-10-20(28)11-5-17/h4-15,25H,3,16H2,1-2H3,(H2,29,30,32). The molecule has 35 heavy (non-hydrogen) atoms. The van der Waals surface area contributed by atoms with Crippen LogP contribution in [0.25, 0.3) is 5.70 Å². The summed E-state index contributed by atoms with van der Waals surface area (Å²) in [6.07, 6.45) is 0. The number of hydrogen-bond acceptors (Lipinski definition) is 5. The van der Waals surface area contributed by atoms with Gasteiger partial charge in [0.15, 0.2) is 0 Å². The molecule has 1 atom stereocenters. The molecule has 8 heteroatoms. The summed E-state index contributed by atoms with van der Waals surface area (Å²) in [5, 5.41) is 6.28. The monoisotopic (exact) mass is 492 g/mol. The molecule has 180 valence electrons. The number of urea groups is 1. The number of methoxy groups -OCH3 is 1. The summed E-state index contributed by atoms with van der Waals surface area (Å²) in [5.41, 5.74) is 3.07. The van der Waals surface area contributed by atoms with Gasteiger partial charge in [-0.05, 0) is 72.1 Å². The Hall–Kier alpha value is -3.97. The Kier molecular flexibility index (Phi) is 7.57. The van der Waals surface area contributed by atoms with Crippen LogP contribution >= 0.6 is 11.6 Å². The molecule has 0 radical (unpaired) electrons. The lowest BCUT2D eigenvalue weighted by atomic mass is 9.92. The van der Waals surface area contributed by atoms with Crippen LogP contribution in [0.15, 0.2) is 78.4 Å². The Balaban J connectivity index is 1.63. The first-order valence-electron chi connectivity index (χ1n) is 11.1. The van der Waals surface area contributed by atoms with E-state index >= 15 is 0 Å². The second kappa shape index (κ2) is 11.0. The predicted octanol–water partition coefficient (Wildman–Crippen LogP) is 5.26. The van der Waals surface area contributed by atoms with Gasteiger partial charge in [0.05, 0.1) is 31.0 Å². The number of esters is 1. The van der Waals surface area contributed by atoms with E-state index in [4.69, 9.17) is 25.8 Å². The van der Waals surface area contributed by atoms with Crippen LogP contribution < -0.4 is 20.1 Å². The number of halogens is 1. The van der Waals surface area contributed by atoms with Gasteiger partial charge < -0.3 is 24.8 Å². The summed E-state index contributed by atoms with van der Waals surface area (Å²) in [6, 6.07) is 20.6. The lowest BCUT2D eigenvalue weighted by Gasteiger charge is -2.29. The van der Waals surface area contributed by atoms with Gasteiger partial charge in [-0.2, -0.15) is 0 Å². The van der Waals surface area contributed by atoms with Crippen molar-refractivity contribution in [3.8, 4) is 11.5 Å². The maximum atomic E-state index is 13.0. The largest absolute Gasteiger partial charge is 0.497 e. The Morgan fingerprint density at radius 2 is 1.60 bits per heavy atom. The van der Waals surface area contributed by atoms with Crippen molar-refractivity contribution in [2.75, 3.05) is 13.7 Å². The second-order valence-electron chi connectivity index (χ2n) is 7.75. The van der Waals surface area contributed by atoms with Crippen LogP contribution in [-0.4, -0.2) is 25.7 Å². The minimum Gasteiger partial charge on any atom is -0.497 e. The molecule has 0 saturated carbocycles. The van der Waals surface area contributed by atoms with E-state index in [1.807, 2.05) is 36.4 Å². The molecule has 7 nitrogen and oxygen atoms in total. The molecule has 1 unspecified atom stereocenters. The van der Waals surface area contributed by atoms with Crippen molar-refractivity contribution in [1.82, 2.24) is 10.6 Å². The Morgan fingerprint density at radius 1 is 0.943 bits per heavy atom. The average Bonchev–Trinajstić information content (AvgIpc) is 2.88. The lowest BCUT2D eigenvalue weighted by molar-refractivity contribution is -0.138. The summed E-state index contributed by atoms with van der Waals surface area (Å²) in [4.78, 5) is 25.6. The van der Waals surface area contributed by atoms with Gasteiger partial charge in [-0.1, -0.05) is 35.9 Å². The number of rotatable bonds is 8. The van der Waals surface area contributed by atoms with Gasteiger partial charge in [-0.25, -0.2) is 9.59 Å². The molecule has 0 spiro atoms. The highest BCUT2D eigenvalue weighted by Crippen LogP contribution is 2.33. The van der Waals surface area contributed by atoms with Crippen LogP contribution in [0, 0.1) is 0 Å². The molecule has 0 aromatic heterocycles. The number of nitrogens with one attached hydrogen (secondary N) is 2. The molecule has 2 N–H and O–H groups in total. The molecule has 1 aliphatic heterocycles. The van der Waals surface area contributed by atoms with E-state index in [1.54, 1.807) is 50.4 Å². The van der Waals surface area contributed by atoms with Gasteiger partial charge >= 0.3 is 12.0 Å². The minimum absolute atomic E-state index is 0.205. The molecule has 0 bridgehead atoms. The first-order chi connectivity index (χ1) is 17.0. The predicted molar refractivity (Wildman–Crippen MR) is 133 cm³/mol. The summed E-state index contributed by atoms with van der Waals surface area (Å²) < 4.78 is 16.4. The number of benzene rings is 3. The van der Waals surface area contributed by atoms with Crippen LogP contribution in [0.1, 0.15) is 29.7 Å². The van der Waals surface area contributed by atoms with Gasteiger partial charge in [0.1, 0.15) is 18.1 Å². The van der Waals surface area contributed by atoms with Gasteiger partial charge in [0, 0.05) is 5.02 Å². The SMILES string of the molecule is CCOC(=O)C1=C(c2ccc(OC)cc2)NC(=O)NC1c1ccc(OCc2ccc(Cl)cc2)cc1. The van der Waals surface area contributed by atoms with Crippen LogP contribution in [0.3, 0.4) is 0 Å². The fourth-order valence-electron chi connectivity index (χ4n) is 3.73. The number of hydrogen-bond donors (Lipinski definition) is 2. The molecule has 3 aromatic carbocycles. The third-order valence-electron chi connectivity index (χ3n) is 5.48. The van der Waals surface area contributed by atoms with E-state index in [0.717, 1.165) is 5.56 Å². The Morgan fingerprint density at radius 3 is 2.23 bits per heavy atom. The number of ether oxygens (including phenoxy) is 3. The van der Waals surface area contributed by atoms with Crippen LogP contribution in [0.2, 0.25) is 5.02 Å². The van der Waals surface area contributed by atoms with E-state index < -0.39 is 18.0 Å². The third kappa shape index (κ3) is 5.75. The summed E-state index contributed by atoms with van der Waals surface area (Å²) >= 11 is 5.93. The quantitative estimate of drug-likeness (QED) is 0.419. The van der Waals surface area contributed by atoms with Crippen molar-refractivity contribution in [2.24, 2.45) is 0 Å². The number of amides is 2. The van der Waals surface area contributed by atoms with E-state index in [1.165, 1.54) is 0 Å². The van der Waals surface area contributed by atoms with Crippen molar-refractivity contribution in [1.29, 1.82) is 0 Å². The van der Waals surface area contributed by atoms with Gasteiger partial charge in [0.25, 0.3) is 0 Å². The first kappa shape index (κ1) is 24.2. The molecule has 1 heterocycles. The highest BCUT2D eigenvalue weighted by molar-refractivity contribution is 6.30. The zero-order valence-corrected chi connectivity index (χ0v) is 20.1. The fourth-order valence-corrected chi connectivity index (χ4v) is 3.86.